The van der Waals surface area contributed by atoms with E-state index in [-0.39, 0.29) is 5.78 Å². The predicted octanol–water partition coefficient (Wildman–Crippen LogP) is 3.21. The quantitative estimate of drug-likeness (QED) is 0.787. The van der Waals surface area contributed by atoms with Crippen molar-refractivity contribution in [1.82, 2.24) is 0 Å². The maximum Gasteiger partial charge on any atom is 0.163 e. The van der Waals surface area contributed by atoms with E-state index in [0.29, 0.717) is 19.3 Å². The molecule has 96 valence electrons. The molecule has 0 radical (unpaired) electrons. The van der Waals surface area contributed by atoms with Crippen molar-refractivity contribution in [1.29, 1.82) is 0 Å². The maximum absolute atomic E-state index is 11.6. The molecule has 1 aliphatic carbocycles. The Kier molecular flexibility index (Phi) is 3.03. The lowest BCUT2D eigenvalue weighted by atomic mass is 10.0. The second-order valence-electron chi connectivity index (χ2n) is 4.77. The van der Waals surface area contributed by atoms with Crippen LogP contribution in [0, 0.1) is 0 Å². The van der Waals surface area contributed by atoms with Crippen LogP contribution in [0.5, 0.6) is 0 Å². The van der Waals surface area contributed by atoms with Crippen LogP contribution >= 0.6 is 0 Å². The van der Waals surface area contributed by atoms with Crippen LogP contribution in [0.4, 0.5) is 0 Å². The molecule has 1 heterocycles. The number of fused-ring (bicyclic) bond motifs is 1. The molecule has 0 atom stereocenters. The summed E-state index contributed by atoms with van der Waals surface area (Å²) >= 11 is 0. The van der Waals surface area contributed by atoms with Crippen molar-refractivity contribution in [3.63, 3.8) is 0 Å². The van der Waals surface area contributed by atoms with Crippen LogP contribution in [0.2, 0.25) is 0 Å². The number of benzene rings is 1. The van der Waals surface area contributed by atoms with E-state index in [2.05, 4.69) is 0 Å². The first-order chi connectivity index (χ1) is 9.28. The Morgan fingerprint density at radius 2 is 2.05 bits per heavy atom. The van der Waals surface area contributed by atoms with Crippen LogP contribution in [0.3, 0.4) is 0 Å². The van der Waals surface area contributed by atoms with Gasteiger partial charge in [0.05, 0.1) is 0 Å². The van der Waals surface area contributed by atoms with Gasteiger partial charge in [-0.2, -0.15) is 0 Å². The second kappa shape index (κ2) is 4.84. The first-order valence-corrected chi connectivity index (χ1v) is 6.47. The predicted molar refractivity (Wildman–Crippen MR) is 71.2 cm³/mol. The Morgan fingerprint density at radius 1 is 1.16 bits per heavy atom. The average molecular weight is 254 g/mol. The minimum Gasteiger partial charge on any atom is -0.461 e. The SMILES string of the molecule is O=CCCc1ccc(-c2ccc3c(c2)CCC3=O)o1. The molecule has 1 aromatic heterocycles. The standard InChI is InChI=1S/C16H14O3/c17-9-1-2-13-5-8-16(19-13)12-3-6-14-11(10-12)4-7-15(14)18/h3,5-6,8-10H,1-2,4,7H2. The largest absolute Gasteiger partial charge is 0.461 e. The van der Waals surface area contributed by atoms with Gasteiger partial charge in [-0.15, -0.1) is 0 Å². The summed E-state index contributed by atoms with van der Waals surface area (Å²) in [4.78, 5) is 21.9. The summed E-state index contributed by atoms with van der Waals surface area (Å²) in [7, 11) is 0. The maximum atomic E-state index is 11.6. The third-order valence-corrected chi connectivity index (χ3v) is 3.48. The Morgan fingerprint density at radius 3 is 2.89 bits per heavy atom. The third kappa shape index (κ3) is 2.24. The highest BCUT2D eigenvalue weighted by atomic mass is 16.3. The van der Waals surface area contributed by atoms with Gasteiger partial charge in [-0.05, 0) is 30.2 Å². The van der Waals surface area contributed by atoms with Gasteiger partial charge in [0, 0.05) is 30.4 Å². The van der Waals surface area contributed by atoms with Crippen molar-refractivity contribution in [3.05, 3.63) is 47.2 Å². The molecule has 2 aromatic rings. The van der Waals surface area contributed by atoms with Crippen LogP contribution in [0.25, 0.3) is 11.3 Å². The van der Waals surface area contributed by atoms with Gasteiger partial charge in [0.25, 0.3) is 0 Å². The molecule has 0 N–H and O–H groups in total. The minimum absolute atomic E-state index is 0.229. The number of rotatable bonds is 4. The Balaban J connectivity index is 1.88. The molecule has 1 aromatic carbocycles. The van der Waals surface area contributed by atoms with Crippen molar-refractivity contribution in [2.24, 2.45) is 0 Å². The van der Waals surface area contributed by atoms with Gasteiger partial charge in [-0.3, -0.25) is 4.79 Å². The molecule has 0 saturated heterocycles. The van der Waals surface area contributed by atoms with E-state index < -0.39 is 0 Å². The summed E-state index contributed by atoms with van der Waals surface area (Å²) in [6.07, 6.45) is 3.43. The van der Waals surface area contributed by atoms with E-state index in [1.807, 2.05) is 30.3 Å². The molecule has 0 fully saturated rings. The fourth-order valence-electron chi connectivity index (χ4n) is 2.48. The zero-order valence-electron chi connectivity index (χ0n) is 10.5. The number of hydrogen-bond donors (Lipinski definition) is 0. The zero-order valence-corrected chi connectivity index (χ0v) is 10.5. The van der Waals surface area contributed by atoms with Gasteiger partial charge in [-0.25, -0.2) is 0 Å². The van der Waals surface area contributed by atoms with E-state index in [4.69, 9.17) is 4.42 Å². The van der Waals surface area contributed by atoms with Crippen LogP contribution in [0.15, 0.2) is 34.7 Å². The summed E-state index contributed by atoms with van der Waals surface area (Å²) in [6, 6.07) is 9.65. The number of Topliss-reactive ketones (excluding diaryl/α,β-unsaturated/α-hetero) is 1. The fourth-order valence-corrected chi connectivity index (χ4v) is 2.48. The number of ketones is 1. The molecule has 0 spiro atoms. The summed E-state index contributed by atoms with van der Waals surface area (Å²) in [5.74, 6) is 1.84. The fraction of sp³-hybridized carbons (Fsp3) is 0.250. The monoisotopic (exact) mass is 254 g/mol. The van der Waals surface area contributed by atoms with E-state index in [1.165, 1.54) is 0 Å². The lowest BCUT2D eigenvalue weighted by Gasteiger charge is -2.01. The number of furan rings is 1. The molecular formula is C16H14O3. The molecule has 0 aliphatic heterocycles. The highest BCUT2D eigenvalue weighted by Crippen LogP contribution is 2.29. The van der Waals surface area contributed by atoms with Crippen molar-refractivity contribution < 1.29 is 14.0 Å². The van der Waals surface area contributed by atoms with Crippen molar-refractivity contribution in [2.75, 3.05) is 0 Å². The van der Waals surface area contributed by atoms with E-state index in [9.17, 15) is 9.59 Å². The lowest BCUT2D eigenvalue weighted by Crippen LogP contribution is -1.90. The van der Waals surface area contributed by atoms with Crippen molar-refractivity contribution >= 4 is 12.1 Å². The van der Waals surface area contributed by atoms with Gasteiger partial charge >= 0.3 is 0 Å². The van der Waals surface area contributed by atoms with Gasteiger partial charge in [0.2, 0.25) is 0 Å². The van der Waals surface area contributed by atoms with Gasteiger partial charge in [0.15, 0.2) is 5.78 Å². The zero-order chi connectivity index (χ0) is 13.2. The Bertz CT molecular complexity index is 637. The molecule has 3 nitrogen and oxygen atoms in total. The van der Waals surface area contributed by atoms with E-state index in [1.54, 1.807) is 0 Å². The smallest absolute Gasteiger partial charge is 0.163 e. The minimum atomic E-state index is 0.229. The lowest BCUT2D eigenvalue weighted by molar-refractivity contribution is -0.107. The van der Waals surface area contributed by atoms with Gasteiger partial charge < -0.3 is 9.21 Å². The van der Waals surface area contributed by atoms with Crippen LogP contribution in [-0.2, 0) is 17.6 Å². The van der Waals surface area contributed by atoms with Crippen LogP contribution in [0.1, 0.15) is 34.5 Å². The molecule has 0 unspecified atom stereocenters. The highest BCUT2D eigenvalue weighted by Gasteiger charge is 2.20. The molecule has 0 amide bonds. The summed E-state index contributed by atoms with van der Waals surface area (Å²) in [5, 5.41) is 0. The third-order valence-electron chi connectivity index (χ3n) is 3.48. The number of carbonyl (C=O) groups is 2. The van der Waals surface area contributed by atoms with Gasteiger partial charge in [-0.1, -0.05) is 12.1 Å². The van der Waals surface area contributed by atoms with Crippen LogP contribution in [-0.4, -0.2) is 12.1 Å². The van der Waals surface area contributed by atoms with Crippen molar-refractivity contribution in [3.8, 4) is 11.3 Å². The number of hydrogen-bond acceptors (Lipinski definition) is 3. The summed E-state index contributed by atoms with van der Waals surface area (Å²) in [6.45, 7) is 0. The number of aryl methyl sites for hydroxylation is 2. The van der Waals surface area contributed by atoms with E-state index >= 15 is 0 Å². The first kappa shape index (κ1) is 11.9. The van der Waals surface area contributed by atoms with Crippen molar-refractivity contribution in [2.45, 2.75) is 25.7 Å². The molecule has 0 saturated carbocycles. The molecular weight excluding hydrogens is 240 g/mol. The molecule has 0 bridgehead atoms. The first-order valence-electron chi connectivity index (χ1n) is 6.47. The summed E-state index contributed by atoms with van der Waals surface area (Å²) < 4.78 is 5.71. The molecule has 19 heavy (non-hydrogen) atoms. The Hall–Kier alpha value is -2.16. The molecule has 3 heteroatoms. The normalized spacial score (nSPS) is 13.6. The second-order valence-corrected chi connectivity index (χ2v) is 4.77. The molecule has 1 aliphatic rings. The number of carbonyl (C=O) groups excluding carboxylic acids is 2. The van der Waals surface area contributed by atoms with E-state index in [0.717, 1.165) is 40.9 Å². The molecule has 3 rings (SSSR count). The average Bonchev–Trinajstić information content (AvgIpc) is 3.04. The topological polar surface area (TPSA) is 47.3 Å². The van der Waals surface area contributed by atoms with Gasteiger partial charge in [0.1, 0.15) is 17.8 Å². The highest BCUT2D eigenvalue weighted by molar-refractivity contribution is 6.00. The van der Waals surface area contributed by atoms with Crippen LogP contribution < -0.4 is 0 Å². The summed E-state index contributed by atoms with van der Waals surface area (Å²) in [5.41, 5.74) is 2.94. The Labute approximate surface area is 111 Å². The number of aldehydes is 1.